The third-order valence-electron chi connectivity index (χ3n) is 7.82. The number of carbonyl (C=O) groups is 1. The summed E-state index contributed by atoms with van der Waals surface area (Å²) in [6, 6.07) is 9.52. The predicted molar refractivity (Wildman–Crippen MR) is 115 cm³/mol. The summed E-state index contributed by atoms with van der Waals surface area (Å²) in [5.74, 6) is 0.719. The Morgan fingerprint density at radius 3 is 2.83 bits per heavy atom. The average Bonchev–Trinajstić information content (AvgIpc) is 3.18. The zero-order chi connectivity index (χ0) is 21.3. The molecule has 6 nitrogen and oxygen atoms in total. The Labute approximate surface area is 175 Å². The Morgan fingerprint density at radius 2 is 2.07 bits per heavy atom. The van der Waals surface area contributed by atoms with Crippen molar-refractivity contribution in [3.63, 3.8) is 0 Å². The molecular weight excluding hydrogens is 378 g/mol. The number of aromatic amines is 1. The topological polar surface area (TPSA) is 78.5 Å². The number of amides is 1. The molecule has 2 bridgehead atoms. The van der Waals surface area contributed by atoms with E-state index in [4.69, 9.17) is 4.74 Å². The van der Waals surface area contributed by atoms with Gasteiger partial charge in [0, 0.05) is 23.6 Å². The largest absolute Gasteiger partial charge is 0.504 e. The maximum atomic E-state index is 13.6. The van der Waals surface area contributed by atoms with Crippen LogP contribution in [0, 0.1) is 5.41 Å². The monoisotopic (exact) mass is 405 g/mol. The quantitative estimate of drug-likeness (QED) is 0.675. The minimum Gasteiger partial charge on any atom is -0.504 e. The standard InChI is InChI=1S/C24H27N3O3/c1-23(2)21-11-15-10-20(30-4)19(28)12-16(15)24(23,3)7-8-27(21)22(29)14-5-6-17-18(9-14)26-13-25-17/h5-6,9-10,12-13,21,28H,7-8,11H2,1-4H3,(H,25,26). The fourth-order valence-corrected chi connectivity index (χ4v) is 5.57. The zero-order valence-electron chi connectivity index (χ0n) is 17.8. The number of nitrogens with one attached hydrogen (secondary N) is 1. The van der Waals surface area contributed by atoms with Gasteiger partial charge in [0.05, 0.1) is 24.5 Å². The Hall–Kier alpha value is -3.02. The predicted octanol–water partition coefficient (Wildman–Crippen LogP) is 4.03. The molecule has 1 fully saturated rings. The van der Waals surface area contributed by atoms with Crippen LogP contribution >= 0.6 is 0 Å². The molecule has 3 aromatic rings. The van der Waals surface area contributed by atoms with Gasteiger partial charge in [-0.15, -0.1) is 0 Å². The number of aromatic nitrogens is 2. The Kier molecular flexibility index (Phi) is 3.95. The first-order chi connectivity index (χ1) is 14.3. The summed E-state index contributed by atoms with van der Waals surface area (Å²) in [7, 11) is 1.57. The number of aromatic hydroxyl groups is 1. The van der Waals surface area contributed by atoms with E-state index in [1.54, 1.807) is 13.4 Å². The van der Waals surface area contributed by atoms with Crippen molar-refractivity contribution in [3.8, 4) is 11.5 Å². The maximum absolute atomic E-state index is 13.6. The number of methoxy groups -OCH3 is 1. The molecule has 5 rings (SSSR count). The van der Waals surface area contributed by atoms with Gasteiger partial charge in [-0.05, 0) is 59.7 Å². The van der Waals surface area contributed by atoms with Crippen molar-refractivity contribution in [2.45, 2.75) is 45.1 Å². The number of hydrogen-bond donors (Lipinski definition) is 2. The van der Waals surface area contributed by atoms with Gasteiger partial charge in [-0.25, -0.2) is 4.98 Å². The molecule has 1 aliphatic heterocycles. The number of hydrogen-bond acceptors (Lipinski definition) is 4. The second-order valence-electron chi connectivity index (χ2n) is 9.34. The van der Waals surface area contributed by atoms with Gasteiger partial charge in [-0.1, -0.05) is 20.8 Å². The summed E-state index contributed by atoms with van der Waals surface area (Å²) in [4.78, 5) is 23.0. The van der Waals surface area contributed by atoms with Crippen LogP contribution in [-0.4, -0.2) is 45.6 Å². The summed E-state index contributed by atoms with van der Waals surface area (Å²) in [6.45, 7) is 7.46. The lowest BCUT2D eigenvalue weighted by atomic mass is 9.51. The Morgan fingerprint density at radius 1 is 1.27 bits per heavy atom. The number of nitrogens with zero attached hydrogens (tertiary/aromatic N) is 2. The highest BCUT2D eigenvalue weighted by atomic mass is 16.5. The molecule has 2 heterocycles. The minimum absolute atomic E-state index is 0.0563. The normalized spacial score (nSPS) is 24.5. The van der Waals surface area contributed by atoms with Crippen LogP contribution < -0.4 is 4.74 Å². The third kappa shape index (κ3) is 2.42. The first-order valence-corrected chi connectivity index (χ1v) is 10.4. The average molecular weight is 405 g/mol. The van der Waals surface area contributed by atoms with Crippen LogP contribution in [0.1, 0.15) is 48.7 Å². The number of H-pyrrole nitrogens is 1. The first kappa shape index (κ1) is 19.0. The fraction of sp³-hybridized carbons (Fsp3) is 0.417. The SMILES string of the molecule is COc1cc2c(cc1O)C1(C)CCN(C(=O)c3ccc4nc[nH]c4c3)C(C2)C1(C)C. The summed E-state index contributed by atoms with van der Waals surface area (Å²) in [5.41, 5.74) is 4.45. The van der Waals surface area contributed by atoms with Crippen LogP contribution in [0.4, 0.5) is 0 Å². The van der Waals surface area contributed by atoms with E-state index in [1.165, 1.54) is 5.56 Å². The number of ether oxygens (including phenoxy) is 1. The van der Waals surface area contributed by atoms with Gasteiger partial charge in [0.15, 0.2) is 11.5 Å². The molecule has 30 heavy (non-hydrogen) atoms. The van der Waals surface area contributed by atoms with Gasteiger partial charge in [0.2, 0.25) is 0 Å². The number of likely N-dealkylation sites (tertiary alicyclic amines) is 1. The highest BCUT2D eigenvalue weighted by molar-refractivity contribution is 5.97. The van der Waals surface area contributed by atoms with Crippen molar-refractivity contribution in [3.05, 3.63) is 53.3 Å². The van der Waals surface area contributed by atoms with Crippen LogP contribution in [0.3, 0.4) is 0 Å². The summed E-state index contributed by atoms with van der Waals surface area (Å²) in [6.07, 6.45) is 3.23. The molecule has 2 aromatic carbocycles. The van der Waals surface area contributed by atoms with Crippen molar-refractivity contribution in [1.29, 1.82) is 0 Å². The molecule has 2 unspecified atom stereocenters. The van der Waals surface area contributed by atoms with Gasteiger partial charge in [0.25, 0.3) is 5.91 Å². The molecule has 0 radical (unpaired) electrons. The molecule has 2 aliphatic rings. The molecule has 156 valence electrons. The van der Waals surface area contributed by atoms with E-state index in [9.17, 15) is 9.90 Å². The number of imidazole rings is 1. The van der Waals surface area contributed by atoms with E-state index in [0.717, 1.165) is 29.4 Å². The van der Waals surface area contributed by atoms with Crippen molar-refractivity contribution in [2.24, 2.45) is 5.41 Å². The van der Waals surface area contributed by atoms with Crippen LogP contribution in [0.25, 0.3) is 11.0 Å². The van der Waals surface area contributed by atoms with E-state index in [-0.39, 0.29) is 28.5 Å². The van der Waals surface area contributed by atoms with E-state index in [0.29, 0.717) is 17.9 Å². The lowest BCUT2D eigenvalue weighted by Gasteiger charge is -2.60. The molecular formula is C24H27N3O3. The molecule has 2 N–H and O–H groups in total. The van der Waals surface area contributed by atoms with Crippen molar-refractivity contribution in [1.82, 2.24) is 14.9 Å². The number of phenols is 1. The summed E-state index contributed by atoms with van der Waals surface area (Å²) >= 11 is 0. The van der Waals surface area contributed by atoms with Gasteiger partial charge in [0.1, 0.15) is 0 Å². The molecule has 1 amide bonds. The van der Waals surface area contributed by atoms with Gasteiger partial charge >= 0.3 is 0 Å². The van der Waals surface area contributed by atoms with Crippen molar-refractivity contribution in [2.75, 3.05) is 13.7 Å². The summed E-state index contributed by atoms with van der Waals surface area (Å²) in [5, 5.41) is 10.4. The molecule has 0 spiro atoms. The smallest absolute Gasteiger partial charge is 0.254 e. The number of phenolic OH excluding ortho intramolecular Hbond substituents is 1. The molecule has 2 atom stereocenters. The van der Waals surface area contributed by atoms with Crippen LogP contribution in [0.5, 0.6) is 11.5 Å². The number of rotatable bonds is 2. The van der Waals surface area contributed by atoms with Gasteiger partial charge in [-0.3, -0.25) is 4.79 Å². The second-order valence-corrected chi connectivity index (χ2v) is 9.34. The zero-order valence-corrected chi connectivity index (χ0v) is 17.8. The Bertz CT molecular complexity index is 1170. The molecule has 0 saturated carbocycles. The van der Waals surface area contributed by atoms with E-state index in [1.807, 2.05) is 35.2 Å². The van der Waals surface area contributed by atoms with Gasteiger partial charge in [-0.2, -0.15) is 0 Å². The number of piperidine rings is 1. The van der Waals surface area contributed by atoms with Crippen LogP contribution in [0.15, 0.2) is 36.7 Å². The maximum Gasteiger partial charge on any atom is 0.254 e. The van der Waals surface area contributed by atoms with Crippen LogP contribution in [0.2, 0.25) is 0 Å². The molecule has 1 aliphatic carbocycles. The number of benzene rings is 2. The highest BCUT2D eigenvalue weighted by Crippen LogP contribution is 2.57. The van der Waals surface area contributed by atoms with Gasteiger partial charge < -0.3 is 19.7 Å². The lowest BCUT2D eigenvalue weighted by molar-refractivity contribution is -0.0263. The minimum atomic E-state index is -0.146. The fourth-order valence-electron chi connectivity index (χ4n) is 5.57. The highest BCUT2D eigenvalue weighted by Gasteiger charge is 2.57. The molecule has 1 saturated heterocycles. The van der Waals surface area contributed by atoms with Crippen molar-refractivity contribution >= 4 is 16.9 Å². The first-order valence-electron chi connectivity index (χ1n) is 10.4. The Balaban J connectivity index is 1.57. The number of carbonyl (C=O) groups excluding carboxylic acids is 1. The molecule has 1 aromatic heterocycles. The van der Waals surface area contributed by atoms with E-state index in [2.05, 4.69) is 30.7 Å². The summed E-state index contributed by atoms with van der Waals surface area (Å²) < 4.78 is 5.36. The van der Waals surface area contributed by atoms with Crippen LogP contribution in [-0.2, 0) is 11.8 Å². The van der Waals surface area contributed by atoms with Crippen molar-refractivity contribution < 1.29 is 14.6 Å². The third-order valence-corrected chi connectivity index (χ3v) is 7.82. The molecule has 6 heteroatoms. The second kappa shape index (κ2) is 6.24. The van der Waals surface area contributed by atoms with E-state index >= 15 is 0 Å². The lowest BCUT2D eigenvalue weighted by Crippen LogP contribution is -2.64. The number of fused-ring (bicyclic) bond motifs is 5. The van der Waals surface area contributed by atoms with E-state index < -0.39 is 0 Å².